The fraction of sp³-hybridized carbons (Fsp3) is 0.167. The maximum Gasteiger partial charge on any atom is 0.573 e. The van der Waals surface area contributed by atoms with Gasteiger partial charge in [-0.2, -0.15) is 0 Å². The zero-order valence-corrected chi connectivity index (χ0v) is 12.4. The smallest absolute Gasteiger partial charge is 0.508 e. The molecule has 0 bridgehead atoms. The van der Waals surface area contributed by atoms with Crippen molar-refractivity contribution in [2.75, 3.05) is 0 Å². The summed E-state index contributed by atoms with van der Waals surface area (Å²) in [5.74, 6) is -0.479. The molecule has 2 aromatic carbocycles. The zero-order chi connectivity index (χ0) is 17.3. The van der Waals surface area contributed by atoms with E-state index < -0.39 is 6.36 Å². The lowest BCUT2D eigenvalue weighted by Crippen LogP contribution is -2.17. The van der Waals surface area contributed by atoms with E-state index in [1.165, 1.54) is 24.3 Å². The van der Waals surface area contributed by atoms with Gasteiger partial charge in [-0.05, 0) is 42.7 Å². The van der Waals surface area contributed by atoms with Crippen LogP contribution in [-0.4, -0.2) is 17.3 Å². The van der Waals surface area contributed by atoms with E-state index in [9.17, 15) is 23.1 Å². The molecule has 0 aliphatic heterocycles. The normalized spacial score (nSPS) is 16.1. The van der Waals surface area contributed by atoms with Gasteiger partial charge in [0.1, 0.15) is 11.5 Å². The Morgan fingerprint density at radius 3 is 2.58 bits per heavy atom. The number of carbonyl (C=O) groups excluding carboxylic acids is 1. The van der Waals surface area contributed by atoms with Gasteiger partial charge in [-0.3, -0.25) is 4.79 Å². The molecule has 0 heterocycles. The van der Waals surface area contributed by atoms with Gasteiger partial charge in [-0.1, -0.05) is 24.3 Å². The molecule has 0 fully saturated rings. The number of hydrogen-bond donors (Lipinski definition) is 1. The second kappa shape index (κ2) is 6.03. The van der Waals surface area contributed by atoms with E-state index in [2.05, 4.69) is 4.74 Å². The summed E-state index contributed by atoms with van der Waals surface area (Å²) in [6, 6.07) is 10.2. The Hall–Kier alpha value is -2.76. The Bertz CT molecular complexity index is 822. The van der Waals surface area contributed by atoms with E-state index in [1.807, 2.05) is 0 Å². The number of ketones is 1. The van der Waals surface area contributed by atoms with E-state index in [-0.39, 0.29) is 17.3 Å². The van der Waals surface area contributed by atoms with Crippen LogP contribution < -0.4 is 4.74 Å². The Kier molecular flexibility index (Phi) is 4.05. The standard InChI is InChI=1S/C18H13F3O3/c19-18(20,21)24-13-4-1-3-11(10-13)9-12-7-8-14-15(17(12)23)5-2-6-16(14)22/h1-6,9-10,22H,7-8H2/b12-9+. The van der Waals surface area contributed by atoms with Crippen molar-refractivity contribution in [1.82, 2.24) is 0 Å². The van der Waals surface area contributed by atoms with Crippen LogP contribution in [0.25, 0.3) is 6.08 Å². The van der Waals surface area contributed by atoms with Crippen LogP contribution in [0.1, 0.15) is 27.9 Å². The summed E-state index contributed by atoms with van der Waals surface area (Å²) in [6.07, 6.45) is -2.30. The van der Waals surface area contributed by atoms with Gasteiger partial charge in [0.2, 0.25) is 0 Å². The number of carbonyl (C=O) groups is 1. The van der Waals surface area contributed by atoms with Crippen molar-refractivity contribution in [2.24, 2.45) is 0 Å². The first-order valence-electron chi connectivity index (χ1n) is 7.25. The third kappa shape index (κ3) is 3.42. The molecule has 0 saturated heterocycles. The van der Waals surface area contributed by atoms with Crippen LogP contribution in [0, 0.1) is 0 Å². The second-order valence-electron chi connectivity index (χ2n) is 5.42. The Morgan fingerprint density at radius 1 is 1.08 bits per heavy atom. The number of fused-ring (bicyclic) bond motifs is 1. The number of ether oxygens (including phenoxy) is 1. The Labute approximate surface area is 136 Å². The monoisotopic (exact) mass is 334 g/mol. The van der Waals surface area contributed by atoms with Gasteiger partial charge in [-0.25, -0.2) is 0 Å². The van der Waals surface area contributed by atoms with Crippen LogP contribution in [0.2, 0.25) is 0 Å². The van der Waals surface area contributed by atoms with E-state index in [4.69, 9.17) is 0 Å². The maximum absolute atomic E-state index is 12.5. The largest absolute Gasteiger partial charge is 0.573 e. The first kappa shape index (κ1) is 16.1. The van der Waals surface area contributed by atoms with E-state index in [1.54, 1.807) is 24.3 Å². The topological polar surface area (TPSA) is 46.5 Å². The maximum atomic E-state index is 12.5. The fourth-order valence-corrected chi connectivity index (χ4v) is 2.74. The van der Waals surface area contributed by atoms with Gasteiger partial charge in [0, 0.05) is 16.7 Å². The molecular formula is C18H13F3O3. The minimum absolute atomic E-state index is 0.0838. The van der Waals surface area contributed by atoms with Gasteiger partial charge in [-0.15, -0.1) is 13.2 Å². The average molecular weight is 334 g/mol. The molecule has 1 aliphatic carbocycles. The first-order valence-corrected chi connectivity index (χ1v) is 7.25. The molecular weight excluding hydrogens is 321 g/mol. The quantitative estimate of drug-likeness (QED) is 0.823. The summed E-state index contributed by atoms with van der Waals surface area (Å²) >= 11 is 0. The molecule has 24 heavy (non-hydrogen) atoms. The molecule has 0 spiro atoms. The lowest BCUT2D eigenvalue weighted by Gasteiger charge is -2.18. The average Bonchev–Trinajstić information content (AvgIpc) is 2.49. The summed E-state index contributed by atoms with van der Waals surface area (Å²) in [5, 5.41) is 9.80. The highest BCUT2D eigenvalue weighted by Crippen LogP contribution is 2.32. The second-order valence-corrected chi connectivity index (χ2v) is 5.42. The fourth-order valence-electron chi connectivity index (χ4n) is 2.74. The number of hydrogen-bond acceptors (Lipinski definition) is 3. The molecule has 124 valence electrons. The molecule has 3 nitrogen and oxygen atoms in total. The number of phenolic OH excluding ortho intramolecular Hbond substituents is 1. The Balaban J connectivity index is 1.90. The summed E-state index contributed by atoms with van der Waals surface area (Å²) < 4.78 is 40.7. The van der Waals surface area contributed by atoms with Gasteiger partial charge in [0.25, 0.3) is 0 Å². The van der Waals surface area contributed by atoms with E-state index >= 15 is 0 Å². The summed E-state index contributed by atoms with van der Waals surface area (Å²) in [6.45, 7) is 0. The molecule has 0 unspecified atom stereocenters. The molecule has 0 radical (unpaired) electrons. The van der Waals surface area contributed by atoms with Crippen molar-refractivity contribution in [3.63, 3.8) is 0 Å². The van der Waals surface area contributed by atoms with E-state index in [0.29, 0.717) is 35.1 Å². The highest BCUT2D eigenvalue weighted by atomic mass is 19.4. The molecule has 6 heteroatoms. The molecule has 1 N–H and O–H groups in total. The first-order chi connectivity index (χ1) is 11.3. The predicted molar refractivity (Wildman–Crippen MR) is 81.9 cm³/mol. The van der Waals surface area contributed by atoms with Crippen LogP contribution in [0.5, 0.6) is 11.5 Å². The number of Topliss-reactive ketones (excluding diaryl/α,β-unsaturated/α-hetero) is 1. The lowest BCUT2D eigenvalue weighted by atomic mass is 9.85. The molecule has 0 saturated carbocycles. The third-order valence-corrected chi connectivity index (χ3v) is 3.76. The van der Waals surface area contributed by atoms with Gasteiger partial charge >= 0.3 is 6.36 Å². The van der Waals surface area contributed by atoms with Gasteiger partial charge in [0.15, 0.2) is 5.78 Å². The van der Waals surface area contributed by atoms with E-state index in [0.717, 1.165) is 0 Å². The highest BCUT2D eigenvalue weighted by molar-refractivity contribution is 6.13. The molecule has 0 amide bonds. The van der Waals surface area contributed by atoms with Crippen LogP contribution in [0.4, 0.5) is 13.2 Å². The summed E-state index contributed by atoms with van der Waals surface area (Å²) in [7, 11) is 0. The number of allylic oxidation sites excluding steroid dienone is 1. The van der Waals surface area contributed by atoms with Crippen molar-refractivity contribution in [1.29, 1.82) is 0 Å². The third-order valence-electron chi connectivity index (χ3n) is 3.76. The number of alkyl halides is 3. The van der Waals surface area contributed by atoms with Crippen LogP contribution >= 0.6 is 0 Å². The van der Waals surface area contributed by atoms with Gasteiger partial charge < -0.3 is 9.84 Å². The molecule has 3 rings (SSSR count). The van der Waals surface area contributed by atoms with Crippen LogP contribution in [0.3, 0.4) is 0 Å². The Morgan fingerprint density at radius 2 is 1.83 bits per heavy atom. The predicted octanol–water partition coefficient (Wildman–Crippen LogP) is 4.50. The lowest BCUT2D eigenvalue weighted by molar-refractivity contribution is -0.274. The van der Waals surface area contributed by atoms with Crippen molar-refractivity contribution in [3.8, 4) is 11.5 Å². The number of benzene rings is 2. The molecule has 2 aromatic rings. The van der Waals surface area contributed by atoms with Crippen molar-refractivity contribution < 1.29 is 27.8 Å². The number of phenols is 1. The van der Waals surface area contributed by atoms with Crippen LogP contribution in [-0.2, 0) is 6.42 Å². The summed E-state index contributed by atoms with van der Waals surface area (Å²) in [5.41, 5.74) is 1.96. The van der Waals surface area contributed by atoms with Gasteiger partial charge in [0.05, 0.1) is 0 Å². The van der Waals surface area contributed by atoms with Crippen molar-refractivity contribution >= 4 is 11.9 Å². The van der Waals surface area contributed by atoms with Crippen molar-refractivity contribution in [2.45, 2.75) is 19.2 Å². The SMILES string of the molecule is O=C1/C(=C/c2cccc(OC(F)(F)F)c2)CCc2c(O)cccc21. The minimum atomic E-state index is -4.76. The summed E-state index contributed by atoms with van der Waals surface area (Å²) in [4.78, 5) is 12.5. The molecule has 1 aliphatic rings. The number of aromatic hydroxyl groups is 1. The molecule has 0 atom stereocenters. The highest BCUT2D eigenvalue weighted by Gasteiger charge is 2.31. The molecule has 0 aromatic heterocycles. The number of halogens is 3. The van der Waals surface area contributed by atoms with Crippen molar-refractivity contribution in [3.05, 3.63) is 64.7 Å². The number of rotatable bonds is 2. The zero-order valence-electron chi connectivity index (χ0n) is 12.4. The minimum Gasteiger partial charge on any atom is -0.508 e. The van der Waals surface area contributed by atoms with Crippen LogP contribution in [0.15, 0.2) is 48.0 Å².